The Kier molecular flexibility index (Phi) is 4.88. The highest BCUT2D eigenvalue weighted by atomic mass is 16.5. The van der Waals surface area contributed by atoms with Crippen LogP contribution in [0.25, 0.3) is 0 Å². The molecule has 2 atom stereocenters. The first-order valence-electron chi connectivity index (χ1n) is 9.91. The fraction of sp³-hybridized carbons (Fsp3) is 0.619. The molecular weight excluding hydrogens is 328 g/mol. The van der Waals surface area contributed by atoms with Gasteiger partial charge in [-0.25, -0.2) is 0 Å². The Morgan fingerprint density at radius 2 is 1.85 bits per heavy atom. The molecule has 0 aromatic heterocycles. The van der Waals surface area contributed by atoms with Crippen LogP contribution in [0.2, 0.25) is 0 Å². The zero-order chi connectivity index (χ0) is 18.1. The lowest BCUT2D eigenvalue weighted by Gasteiger charge is -2.32. The smallest absolute Gasteiger partial charge is 0.228 e. The maximum absolute atomic E-state index is 13.3. The summed E-state index contributed by atoms with van der Waals surface area (Å²) >= 11 is 0. The van der Waals surface area contributed by atoms with Crippen LogP contribution in [0.4, 0.5) is 0 Å². The highest BCUT2D eigenvalue weighted by molar-refractivity contribution is 5.89. The summed E-state index contributed by atoms with van der Waals surface area (Å²) in [4.78, 5) is 29.6. The van der Waals surface area contributed by atoms with Crippen molar-refractivity contribution < 1.29 is 14.3 Å². The number of methoxy groups -OCH3 is 1. The van der Waals surface area contributed by atoms with Gasteiger partial charge in [0.1, 0.15) is 5.75 Å². The van der Waals surface area contributed by atoms with Crippen molar-refractivity contribution in [2.45, 2.75) is 57.0 Å². The Bertz CT molecular complexity index is 668. The summed E-state index contributed by atoms with van der Waals surface area (Å²) in [5.41, 5.74) is 1.17. The van der Waals surface area contributed by atoms with E-state index in [1.165, 1.54) is 5.56 Å². The van der Waals surface area contributed by atoms with Crippen LogP contribution in [-0.4, -0.2) is 47.9 Å². The minimum atomic E-state index is -0.165. The number of ether oxygens (including phenoxy) is 1. The molecule has 0 radical (unpaired) electrons. The molecule has 5 nitrogen and oxygen atoms in total. The summed E-state index contributed by atoms with van der Waals surface area (Å²) < 4.78 is 5.27. The first kappa shape index (κ1) is 17.4. The van der Waals surface area contributed by atoms with Gasteiger partial charge >= 0.3 is 0 Å². The average Bonchev–Trinajstić information content (AvgIpc) is 3.47. The van der Waals surface area contributed by atoms with Crippen LogP contribution in [0.15, 0.2) is 24.3 Å². The number of benzene rings is 1. The van der Waals surface area contributed by atoms with Gasteiger partial charge in [0.15, 0.2) is 0 Å². The molecule has 3 aliphatic rings. The number of carbonyl (C=O) groups is 2. The minimum Gasteiger partial charge on any atom is -0.497 e. The SMILES string of the molecule is COc1ccc(C2CCCCCN2C(=O)C2CC(=O)N(C3CC3)C2)cc1. The van der Waals surface area contributed by atoms with Crippen LogP contribution < -0.4 is 4.74 Å². The van der Waals surface area contributed by atoms with E-state index in [0.29, 0.717) is 19.0 Å². The van der Waals surface area contributed by atoms with E-state index in [1.54, 1.807) is 7.11 Å². The molecule has 1 aromatic carbocycles. The number of hydrogen-bond donors (Lipinski definition) is 0. The maximum atomic E-state index is 13.3. The molecule has 2 saturated heterocycles. The van der Waals surface area contributed by atoms with E-state index in [4.69, 9.17) is 4.74 Å². The Labute approximate surface area is 155 Å². The van der Waals surface area contributed by atoms with Crippen LogP contribution in [-0.2, 0) is 9.59 Å². The van der Waals surface area contributed by atoms with E-state index in [-0.39, 0.29) is 23.8 Å². The number of likely N-dealkylation sites (tertiary alicyclic amines) is 2. The van der Waals surface area contributed by atoms with Crippen LogP contribution >= 0.6 is 0 Å². The largest absolute Gasteiger partial charge is 0.497 e. The number of amides is 2. The molecule has 3 fully saturated rings. The van der Waals surface area contributed by atoms with Crippen molar-refractivity contribution in [3.8, 4) is 5.75 Å². The second kappa shape index (κ2) is 7.29. The Balaban J connectivity index is 1.52. The summed E-state index contributed by atoms with van der Waals surface area (Å²) in [5, 5.41) is 0. The third-order valence-electron chi connectivity index (χ3n) is 6.03. The number of carbonyl (C=O) groups excluding carboxylic acids is 2. The molecule has 1 aliphatic carbocycles. The maximum Gasteiger partial charge on any atom is 0.228 e. The van der Waals surface area contributed by atoms with Crippen molar-refractivity contribution in [1.29, 1.82) is 0 Å². The number of nitrogens with zero attached hydrogens (tertiary/aromatic N) is 2. The molecule has 4 rings (SSSR count). The average molecular weight is 356 g/mol. The number of rotatable bonds is 4. The van der Waals surface area contributed by atoms with Gasteiger partial charge in [-0.3, -0.25) is 9.59 Å². The van der Waals surface area contributed by atoms with Crippen LogP contribution in [0.5, 0.6) is 5.75 Å². The fourth-order valence-electron chi connectivity index (χ4n) is 4.42. The van der Waals surface area contributed by atoms with E-state index >= 15 is 0 Å². The van der Waals surface area contributed by atoms with Crippen molar-refractivity contribution in [3.63, 3.8) is 0 Å². The molecule has 5 heteroatoms. The summed E-state index contributed by atoms with van der Waals surface area (Å²) in [6, 6.07) is 8.60. The third kappa shape index (κ3) is 3.44. The monoisotopic (exact) mass is 356 g/mol. The predicted octanol–water partition coefficient (Wildman–Crippen LogP) is 3.15. The zero-order valence-electron chi connectivity index (χ0n) is 15.5. The van der Waals surface area contributed by atoms with Gasteiger partial charge in [-0.05, 0) is 43.4 Å². The van der Waals surface area contributed by atoms with Crippen LogP contribution in [0, 0.1) is 5.92 Å². The van der Waals surface area contributed by atoms with Crippen molar-refractivity contribution in [2.75, 3.05) is 20.2 Å². The molecular formula is C21H28N2O3. The zero-order valence-corrected chi connectivity index (χ0v) is 15.5. The van der Waals surface area contributed by atoms with E-state index < -0.39 is 0 Å². The van der Waals surface area contributed by atoms with Crippen molar-refractivity contribution in [3.05, 3.63) is 29.8 Å². The highest BCUT2D eigenvalue weighted by Gasteiger charge is 2.43. The van der Waals surface area contributed by atoms with Gasteiger partial charge in [-0.15, -0.1) is 0 Å². The van der Waals surface area contributed by atoms with Gasteiger partial charge < -0.3 is 14.5 Å². The molecule has 0 bridgehead atoms. The van der Waals surface area contributed by atoms with Gasteiger partial charge in [-0.1, -0.05) is 25.0 Å². The molecule has 26 heavy (non-hydrogen) atoms. The topological polar surface area (TPSA) is 49.9 Å². The van der Waals surface area contributed by atoms with Gasteiger partial charge in [0.2, 0.25) is 11.8 Å². The lowest BCUT2D eigenvalue weighted by atomic mass is 9.98. The van der Waals surface area contributed by atoms with Gasteiger partial charge in [-0.2, -0.15) is 0 Å². The molecule has 140 valence electrons. The van der Waals surface area contributed by atoms with E-state index in [2.05, 4.69) is 17.0 Å². The molecule has 2 aliphatic heterocycles. The summed E-state index contributed by atoms with van der Waals surface area (Å²) in [6.45, 7) is 1.41. The third-order valence-corrected chi connectivity index (χ3v) is 6.03. The fourth-order valence-corrected chi connectivity index (χ4v) is 4.42. The molecule has 0 spiro atoms. The normalized spacial score (nSPS) is 26.7. The van der Waals surface area contributed by atoms with E-state index in [0.717, 1.165) is 50.8 Å². The molecule has 2 unspecified atom stereocenters. The van der Waals surface area contributed by atoms with Crippen molar-refractivity contribution in [2.24, 2.45) is 5.92 Å². The Morgan fingerprint density at radius 3 is 2.54 bits per heavy atom. The standard InChI is InChI=1S/C21H28N2O3/c1-26-18-10-6-15(7-11-18)19-5-3-2-4-12-22(19)21(25)16-13-20(24)23(14-16)17-8-9-17/h6-7,10-11,16-17,19H,2-5,8-9,12-14H2,1H3. The summed E-state index contributed by atoms with van der Waals surface area (Å²) in [6.07, 6.45) is 6.93. The van der Waals surface area contributed by atoms with E-state index in [1.807, 2.05) is 17.0 Å². The van der Waals surface area contributed by atoms with E-state index in [9.17, 15) is 9.59 Å². The van der Waals surface area contributed by atoms with Gasteiger partial charge in [0.25, 0.3) is 0 Å². The van der Waals surface area contributed by atoms with Crippen LogP contribution in [0.3, 0.4) is 0 Å². The summed E-state index contributed by atoms with van der Waals surface area (Å²) in [5.74, 6) is 1.01. The molecule has 2 heterocycles. The second-order valence-corrected chi connectivity index (χ2v) is 7.85. The highest BCUT2D eigenvalue weighted by Crippen LogP contribution is 2.36. The Hall–Kier alpha value is -2.04. The molecule has 2 amide bonds. The van der Waals surface area contributed by atoms with Gasteiger partial charge in [0, 0.05) is 25.6 Å². The first-order valence-corrected chi connectivity index (χ1v) is 9.91. The molecule has 1 saturated carbocycles. The predicted molar refractivity (Wildman–Crippen MR) is 98.8 cm³/mol. The Morgan fingerprint density at radius 1 is 1.08 bits per heavy atom. The summed E-state index contributed by atoms with van der Waals surface area (Å²) in [7, 11) is 1.67. The van der Waals surface area contributed by atoms with Crippen molar-refractivity contribution in [1.82, 2.24) is 9.80 Å². The number of hydrogen-bond acceptors (Lipinski definition) is 3. The van der Waals surface area contributed by atoms with Gasteiger partial charge in [0.05, 0.1) is 19.1 Å². The quantitative estimate of drug-likeness (QED) is 0.833. The minimum absolute atomic E-state index is 0.112. The molecule has 1 aromatic rings. The van der Waals surface area contributed by atoms with Crippen molar-refractivity contribution >= 4 is 11.8 Å². The molecule has 0 N–H and O–H groups in total. The first-order chi connectivity index (χ1) is 12.7. The lowest BCUT2D eigenvalue weighted by molar-refractivity contribution is -0.138. The second-order valence-electron chi connectivity index (χ2n) is 7.85. The van der Waals surface area contributed by atoms with Crippen LogP contribution in [0.1, 0.15) is 56.6 Å². The lowest BCUT2D eigenvalue weighted by Crippen LogP contribution is -2.40.